The van der Waals surface area contributed by atoms with Crippen molar-refractivity contribution in [1.29, 1.82) is 0 Å². The SMILES string of the molecule is C[N+]1([O-])C[C@H](OCc2cc(F)cc(F)c2)[C@H](O)[C@@H](O)[C@@H](OCc2cc(F)cc(F)c2)C1. The number of nitrogens with zero attached hydrogens (tertiary/aromatic N) is 1. The number of hydrogen-bond acceptors (Lipinski definition) is 5. The Balaban J connectivity index is 1.68. The molecule has 0 aliphatic carbocycles. The van der Waals surface area contributed by atoms with Gasteiger partial charge in [-0.15, -0.1) is 0 Å². The Labute approximate surface area is 176 Å². The van der Waals surface area contributed by atoms with E-state index in [1.807, 2.05) is 0 Å². The van der Waals surface area contributed by atoms with Crippen molar-refractivity contribution < 1.29 is 41.9 Å². The molecule has 1 fully saturated rings. The highest BCUT2D eigenvalue weighted by Crippen LogP contribution is 2.24. The van der Waals surface area contributed by atoms with Gasteiger partial charge < -0.3 is 29.5 Å². The number of likely N-dealkylation sites (tertiary alicyclic amines) is 1. The molecule has 1 aliphatic heterocycles. The Hall–Kier alpha value is -2.08. The molecule has 31 heavy (non-hydrogen) atoms. The Morgan fingerprint density at radius 1 is 0.774 bits per heavy atom. The summed E-state index contributed by atoms with van der Waals surface area (Å²) in [6.07, 6.45) is -5.38. The Morgan fingerprint density at radius 2 is 1.10 bits per heavy atom. The van der Waals surface area contributed by atoms with Gasteiger partial charge in [-0.2, -0.15) is 0 Å². The van der Waals surface area contributed by atoms with Gasteiger partial charge in [0.25, 0.3) is 0 Å². The average molecular weight is 445 g/mol. The van der Waals surface area contributed by atoms with Crippen LogP contribution in [0.3, 0.4) is 0 Å². The zero-order valence-corrected chi connectivity index (χ0v) is 16.7. The number of hydrogen-bond donors (Lipinski definition) is 2. The van der Waals surface area contributed by atoms with Crippen molar-refractivity contribution in [2.24, 2.45) is 0 Å². The molecule has 2 N–H and O–H groups in total. The van der Waals surface area contributed by atoms with Gasteiger partial charge in [-0.1, -0.05) is 0 Å². The van der Waals surface area contributed by atoms with Crippen LogP contribution in [0.2, 0.25) is 0 Å². The first kappa shape index (κ1) is 23.6. The van der Waals surface area contributed by atoms with Crippen molar-refractivity contribution in [3.63, 3.8) is 0 Å². The summed E-state index contributed by atoms with van der Waals surface area (Å²) >= 11 is 0. The van der Waals surface area contributed by atoms with Crippen LogP contribution in [0.1, 0.15) is 11.1 Å². The lowest BCUT2D eigenvalue weighted by atomic mass is 10.0. The zero-order chi connectivity index (χ0) is 22.8. The van der Waals surface area contributed by atoms with Crippen LogP contribution < -0.4 is 0 Å². The van der Waals surface area contributed by atoms with Crippen LogP contribution in [0.4, 0.5) is 17.6 Å². The minimum absolute atomic E-state index is 0.157. The molecule has 4 atom stereocenters. The van der Waals surface area contributed by atoms with E-state index in [4.69, 9.17) is 9.47 Å². The number of aliphatic hydroxyl groups is 2. The molecule has 0 saturated carbocycles. The second-order valence-corrected chi connectivity index (χ2v) is 7.90. The van der Waals surface area contributed by atoms with Crippen molar-refractivity contribution in [3.05, 3.63) is 76.0 Å². The largest absolute Gasteiger partial charge is 0.633 e. The summed E-state index contributed by atoms with van der Waals surface area (Å²) in [5.74, 6) is -3.20. The third kappa shape index (κ3) is 6.45. The summed E-state index contributed by atoms with van der Waals surface area (Å²) in [7, 11) is 1.29. The number of likely N-dealkylation sites (N-methyl/N-ethyl adjacent to an activating group) is 1. The highest BCUT2D eigenvalue weighted by atomic mass is 19.1. The van der Waals surface area contributed by atoms with Gasteiger partial charge in [0.1, 0.15) is 60.8 Å². The summed E-state index contributed by atoms with van der Waals surface area (Å²) in [5, 5.41) is 33.9. The van der Waals surface area contributed by atoms with Crippen LogP contribution in [-0.4, -0.2) is 59.4 Å². The summed E-state index contributed by atoms with van der Waals surface area (Å²) in [6.45, 7) is -1.11. The number of rotatable bonds is 6. The van der Waals surface area contributed by atoms with Crippen LogP contribution in [0.5, 0.6) is 0 Å². The van der Waals surface area contributed by atoms with Crippen LogP contribution in [0.25, 0.3) is 0 Å². The summed E-state index contributed by atoms with van der Waals surface area (Å²) in [4.78, 5) is 0. The standard InChI is InChI=1S/C21H23F4NO5/c1-26(29)8-18(30-10-12-2-14(22)6-15(23)3-12)20(27)21(28)19(9-26)31-11-13-4-16(24)7-17(25)5-13/h2-7,18-21,27-28H,8-11H2,1H3/t18-,19-,20-,21-/m0/s1. The van der Waals surface area contributed by atoms with E-state index < -0.39 is 52.3 Å². The molecule has 0 amide bonds. The van der Waals surface area contributed by atoms with E-state index in [2.05, 4.69) is 0 Å². The fourth-order valence-corrected chi connectivity index (χ4v) is 3.59. The van der Waals surface area contributed by atoms with Gasteiger partial charge in [-0.3, -0.25) is 0 Å². The monoisotopic (exact) mass is 445 g/mol. The molecular formula is C21H23F4NO5. The van der Waals surface area contributed by atoms with Gasteiger partial charge in [0, 0.05) is 12.1 Å². The molecule has 2 aromatic carbocycles. The first-order valence-corrected chi connectivity index (χ1v) is 9.57. The van der Waals surface area contributed by atoms with Gasteiger partial charge in [-0.05, 0) is 35.4 Å². The highest BCUT2D eigenvalue weighted by molar-refractivity contribution is 5.18. The number of halogens is 4. The molecule has 1 heterocycles. The van der Waals surface area contributed by atoms with Crippen molar-refractivity contribution >= 4 is 0 Å². The first-order chi connectivity index (χ1) is 14.5. The molecule has 1 saturated heterocycles. The summed E-state index contributed by atoms with van der Waals surface area (Å²) < 4.78 is 63.4. The minimum atomic E-state index is -1.54. The second kappa shape index (κ2) is 9.60. The number of aliphatic hydroxyl groups excluding tert-OH is 2. The van der Waals surface area contributed by atoms with Gasteiger partial charge in [0.05, 0.1) is 20.3 Å². The van der Waals surface area contributed by atoms with Crippen LogP contribution in [0.15, 0.2) is 36.4 Å². The van der Waals surface area contributed by atoms with E-state index in [1.54, 1.807) is 0 Å². The van der Waals surface area contributed by atoms with Crippen molar-refractivity contribution in [3.8, 4) is 0 Å². The van der Waals surface area contributed by atoms with Gasteiger partial charge in [0.15, 0.2) is 0 Å². The van der Waals surface area contributed by atoms with E-state index in [0.29, 0.717) is 12.1 Å². The Morgan fingerprint density at radius 3 is 1.42 bits per heavy atom. The predicted octanol–water partition coefficient (Wildman–Crippen LogP) is 2.39. The number of hydroxylamine groups is 3. The molecule has 0 aromatic heterocycles. The molecule has 2 aromatic rings. The third-order valence-electron chi connectivity index (χ3n) is 5.02. The maximum atomic E-state index is 13.3. The molecule has 3 rings (SSSR count). The number of ether oxygens (including phenoxy) is 2. The Bertz CT molecular complexity index is 801. The van der Waals surface area contributed by atoms with E-state index in [-0.39, 0.29) is 37.4 Å². The first-order valence-electron chi connectivity index (χ1n) is 9.57. The minimum Gasteiger partial charge on any atom is -0.633 e. The lowest BCUT2D eigenvalue weighted by molar-refractivity contribution is -0.866. The summed E-state index contributed by atoms with van der Waals surface area (Å²) in [6, 6.07) is 5.61. The van der Waals surface area contributed by atoms with E-state index in [9.17, 15) is 33.0 Å². The Kier molecular flexibility index (Phi) is 7.30. The fraction of sp³-hybridized carbons (Fsp3) is 0.429. The lowest BCUT2D eigenvalue weighted by Crippen LogP contribution is -2.47. The third-order valence-corrected chi connectivity index (χ3v) is 5.02. The molecule has 1 aliphatic rings. The smallest absolute Gasteiger partial charge is 0.135 e. The maximum Gasteiger partial charge on any atom is 0.135 e. The lowest BCUT2D eigenvalue weighted by Gasteiger charge is -2.40. The molecule has 6 nitrogen and oxygen atoms in total. The summed E-state index contributed by atoms with van der Waals surface area (Å²) in [5.41, 5.74) is 0.314. The second-order valence-electron chi connectivity index (χ2n) is 7.90. The van der Waals surface area contributed by atoms with Crippen molar-refractivity contribution in [2.75, 3.05) is 20.1 Å². The van der Waals surface area contributed by atoms with Gasteiger partial charge in [-0.25, -0.2) is 17.6 Å². The van der Waals surface area contributed by atoms with Crippen molar-refractivity contribution in [2.45, 2.75) is 37.6 Å². The quantitative estimate of drug-likeness (QED) is 0.406. The van der Waals surface area contributed by atoms with E-state index in [1.165, 1.54) is 7.05 Å². The average Bonchev–Trinajstić information content (AvgIpc) is 2.73. The van der Waals surface area contributed by atoms with E-state index >= 15 is 0 Å². The fourth-order valence-electron chi connectivity index (χ4n) is 3.59. The maximum absolute atomic E-state index is 13.3. The van der Waals surface area contributed by atoms with Crippen LogP contribution in [-0.2, 0) is 22.7 Å². The van der Waals surface area contributed by atoms with Gasteiger partial charge >= 0.3 is 0 Å². The van der Waals surface area contributed by atoms with Crippen molar-refractivity contribution in [1.82, 2.24) is 0 Å². The molecule has 10 heteroatoms. The zero-order valence-electron chi connectivity index (χ0n) is 16.7. The molecular weight excluding hydrogens is 422 g/mol. The highest BCUT2D eigenvalue weighted by Gasteiger charge is 2.42. The molecule has 170 valence electrons. The molecule has 0 unspecified atom stereocenters. The topological polar surface area (TPSA) is 82.0 Å². The van der Waals surface area contributed by atoms with Crippen LogP contribution in [0, 0.1) is 28.5 Å². The van der Waals surface area contributed by atoms with Gasteiger partial charge in [0.2, 0.25) is 0 Å². The normalized spacial score (nSPS) is 29.0. The number of benzene rings is 2. The predicted molar refractivity (Wildman–Crippen MR) is 101 cm³/mol. The molecule has 0 spiro atoms. The molecule has 0 radical (unpaired) electrons. The van der Waals surface area contributed by atoms with E-state index in [0.717, 1.165) is 24.3 Å². The molecule has 0 bridgehead atoms. The van der Waals surface area contributed by atoms with Crippen LogP contribution >= 0.6 is 0 Å². The number of quaternary nitrogens is 1.